The van der Waals surface area contributed by atoms with Crippen molar-refractivity contribution in [2.75, 3.05) is 19.6 Å². The maximum atomic E-state index is 12.9. The highest BCUT2D eigenvalue weighted by Gasteiger charge is 2.31. The van der Waals surface area contributed by atoms with Crippen molar-refractivity contribution in [1.29, 1.82) is 0 Å². The van der Waals surface area contributed by atoms with E-state index in [1.165, 1.54) is 20.9 Å². The average molecular weight is 347 g/mol. The van der Waals surface area contributed by atoms with Crippen LogP contribution in [0.15, 0.2) is 22.9 Å². The monoisotopic (exact) mass is 346 g/mol. The van der Waals surface area contributed by atoms with Gasteiger partial charge in [0.25, 0.3) is 0 Å². The molecule has 0 unspecified atom stereocenters. The normalized spacial score (nSPS) is 21.1. The van der Waals surface area contributed by atoms with E-state index >= 15 is 0 Å². The SMILES string of the molecule is CC[C@H]1c2ccsc2CCN1C(=O)CN1CCc2sccc2C1. The molecule has 5 heteroatoms. The van der Waals surface area contributed by atoms with Crippen LogP contribution >= 0.6 is 22.7 Å². The molecule has 122 valence electrons. The van der Waals surface area contributed by atoms with Gasteiger partial charge in [-0.25, -0.2) is 0 Å². The highest BCUT2D eigenvalue weighted by Crippen LogP contribution is 2.35. The van der Waals surface area contributed by atoms with Gasteiger partial charge in [-0.05, 0) is 53.3 Å². The van der Waals surface area contributed by atoms with E-state index in [4.69, 9.17) is 0 Å². The van der Waals surface area contributed by atoms with Crippen LogP contribution in [0.4, 0.5) is 0 Å². The maximum Gasteiger partial charge on any atom is 0.237 e. The standard InChI is InChI=1S/C18H22N2OS2/c1-2-15-14-6-10-23-17(14)4-8-20(15)18(21)12-19-7-3-16-13(11-19)5-9-22-16/h5-6,9-10,15H,2-4,7-8,11-12H2,1H3/t15-/m0/s1. The summed E-state index contributed by atoms with van der Waals surface area (Å²) in [6.45, 7) is 5.57. The number of rotatable bonds is 3. The van der Waals surface area contributed by atoms with E-state index in [1.807, 2.05) is 22.7 Å². The van der Waals surface area contributed by atoms with Crippen molar-refractivity contribution < 1.29 is 4.79 Å². The van der Waals surface area contributed by atoms with Crippen molar-refractivity contribution in [3.63, 3.8) is 0 Å². The number of carbonyl (C=O) groups is 1. The third kappa shape index (κ3) is 2.86. The van der Waals surface area contributed by atoms with Crippen molar-refractivity contribution in [2.45, 2.75) is 38.8 Å². The predicted molar refractivity (Wildman–Crippen MR) is 96.1 cm³/mol. The van der Waals surface area contributed by atoms with Gasteiger partial charge in [-0.1, -0.05) is 6.92 Å². The van der Waals surface area contributed by atoms with Gasteiger partial charge in [0.2, 0.25) is 5.91 Å². The molecule has 1 atom stereocenters. The Hall–Kier alpha value is -1.17. The van der Waals surface area contributed by atoms with E-state index in [0.717, 1.165) is 38.9 Å². The molecule has 0 saturated carbocycles. The molecular formula is C18H22N2OS2. The lowest BCUT2D eigenvalue weighted by atomic mass is 9.97. The molecule has 4 heterocycles. The van der Waals surface area contributed by atoms with Gasteiger partial charge >= 0.3 is 0 Å². The Morgan fingerprint density at radius 3 is 2.83 bits per heavy atom. The van der Waals surface area contributed by atoms with Gasteiger partial charge < -0.3 is 4.90 Å². The second kappa shape index (κ2) is 6.38. The van der Waals surface area contributed by atoms with Crippen LogP contribution in [0.25, 0.3) is 0 Å². The Morgan fingerprint density at radius 1 is 1.17 bits per heavy atom. The number of thiophene rings is 2. The van der Waals surface area contributed by atoms with Gasteiger partial charge in [-0.15, -0.1) is 22.7 Å². The molecule has 0 radical (unpaired) electrons. The largest absolute Gasteiger partial charge is 0.334 e. The summed E-state index contributed by atoms with van der Waals surface area (Å²) in [6.07, 6.45) is 3.11. The van der Waals surface area contributed by atoms with Crippen molar-refractivity contribution in [2.24, 2.45) is 0 Å². The second-order valence-electron chi connectivity index (χ2n) is 6.39. The van der Waals surface area contributed by atoms with E-state index in [-0.39, 0.29) is 6.04 Å². The Morgan fingerprint density at radius 2 is 1.96 bits per heavy atom. The highest BCUT2D eigenvalue weighted by atomic mass is 32.1. The highest BCUT2D eigenvalue weighted by molar-refractivity contribution is 7.10. The van der Waals surface area contributed by atoms with E-state index < -0.39 is 0 Å². The molecule has 0 saturated heterocycles. The fraction of sp³-hybridized carbons (Fsp3) is 0.500. The quantitative estimate of drug-likeness (QED) is 0.846. The molecule has 0 N–H and O–H groups in total. The molecule has 2 aliphatic rings. The van der Waals surface area contributed by atoms with Gasteiger partial charge in [0.1, 0.15) is 0 Å². The third-order valence-corrected chi connectivity index (χ3v) is 7.07. The topological polar surface area (TPSA) is 23.6 Å². The summed E-state index contributed by atoms with van der Waals surface area (Å²) in [5.41, 5.74) is 2.80. The molecule has 0 aromatic carbocycles. The molecule has 0 fully saturated rings. The Balaban J connectivity index is 1.45. The van der Waals surface area contributed by atoms with Crippen LogP contribution < -0.4 is 0 Å². The van der Waals surface area contributed by atoms with Crippen LogP contribution in [0.2, 0.25) is 0 Å². The Kier molecular flexibility index (Phi) is 4.26. The van der Waals surface area contributed by atoms with Gasteiger partial charge in [-0.3, -0.25) is 9.69 Å². The minimum atomic E-state index is 0.277. The van der Waals surface area contributed by atoms with Crippen LogP contribution in [0.5, 0.6) is 0 Å². The minimum absolute atomic E-state index is 0.277. The number of nitrogens with zero attached hydrogens (tertiary/aromatic N) is 2. The number of hydrogen-bond donors (Lipinski definition) is 0. The van der Waals surface area contributed by atoms with Gasteiger partial charge in [0, 0.05) is 29.4 Å². The first-order valence-electron chi connectivity index (χ1n) is 8.39. The van der Waals surface area contributed by atoms with E-state index in [1.54, 1.807) is 0 Å². The van der Waals surface area contributed by atoms with Gasteiger partial charge in [0.15, 0.2) is 0 Å². The summed E-state index contributed by atoms with van der Waals surface area (Å²) in [4.78, 5) is 20.3. The first-order chi connectivity index (χ1) is 11.3. The molecule has 0 spiro atoms. The zero-order valence-electron chi connectivity index (χ0n) is 13.5. The lowest BCUT2D eigenvalue weighted by molar-refractivity contribution is -0.135. The summed E-state index contributed by atoms with van der Waals surface area (Å²) in [7, 11) is 0. The fourth-order valence-corrected chi connectivity index (χ4v) is 5.68. The van der Waals surface area contributed by atoms with E-state index in [9.17, 15) is 4.79 Å². The molecule has 1 amide bonds. The zero-order chi connectivity index (χ0) is 15.8. The van der Waals surface area contributed by atoms with Crippen LogP contribution in [-0.2, 0) is 24.2 Å². The lowest BCUT2D eigenvalue weighted by Crippen LogP contribution is -2.45. The number of fused-ring (bicyclic) bond motifs is 2. The van der Waals surface area contributed by atoms with Crippen molar-refractivity contribution in [1.82, 2.24) is 9.80 Å². The summed E-state index contributed by atoms with van der Waals surface area (Å²) in [5, 5.41) is 4.34. The Bertz CT molecular complexity index is 705. The van der Waals surface area contributed by atoms with Gasteiger partial charge in [-0.2, -0.15) is 0 Å². The molecule has 23 heavy (non-hydrogen) atoms. The summed E-state index contributed by atoms with van der Waals surface area (Å²) in [5.74, 6) is 0.298. The summed E-state index contributed by atoms with van der Waals surface area (Å²) in [6, 6.07) is 4.70. The minimum Gasteiger partial charge on any atom is -0.334 e. The zero-order valence-corrected chi connectivity index (χ0v) is 15.1. The Labute approximate surface area is 145 Å². The fourth-order valence-electron chi connectivity index (χ4n) is 3.86. The number of amides is 1. The molecule has 3 nitrogen and oxygen atoms in total. The molecule has 2 aromatic heterocycles. The summed E-state index contributed by atoms with van der Waals surface area (Å²) < 4.78 is 0. The molecule has 0 aliphatic carbocycles. The third-order valence-electron chi connectivity index (χ3n) is 5.05. The van der Waals surface area contributed by atoms with Gasteiger partial charge in [0.05, 0.1) is 12.6 Å². The second-order valence-corrected chi connectivity index (χ2v) is 8.39. The smallest absolute Gasteiger partial charge is 0.237 e. The first kappa shape index (κ1) is 15.4. The maximum absolute atomic E-state index is 12.9. The molecule has 2 aromatic rings. The van der Waals surface area contributed by atoms with Crippen LogP contribution in [0.1, 0.15) is 40.3 Å². The first-order valence-corrected chi connectivity index (χ1v) is 10.2. The van der Waals surface area contributed by atoms with E-state index in [0.29, 0.717) is 12.5 Å². The number of carbonyl (C=O) groups excluding carboxylic acids is 1. The van der Waals surface area contributed by atoms with E-state index in [2.05, 4.69) is 39.6 Å². The summed E-state index contributed by atoms with van der Waals surface area (Å²) >= 11 is 3.69. The number of hydrogen-bond acceptors (Lipinski definition) is 4. The van der Waals surface area contributed by atoms with Crippen molar-refractivity contribution in [3.05, 3.63) is 43.8 Å². The average Bonchev–Trinajstić information content (AvgIpc) is 3.21. The van der Waals surface area contributed by atoms with Crippen LogP contribution in [0, 0.1) is 0 Å². The van der Waals surface area contributed by atoms with Crippen LogP contribution in [-0.4, -0.2) is 35.3 Å². The molecular weight excluding hydrogens is 324 g/mol. The molecule has 0 bridgehead atoms. The van der Waals surface area contributed by atoms with Crippen LogP contribution in [0.3, 0.4) is 0 Å². The predicted octanol–water partition coefficient (Wildman–Crippen LogP) is 3.70. The molecule has 2 aliphatic heterocycles. The lowest BCUT2D eigenvalue weighted by Gasteiger charge is -2.37. The van der Waals surface area contributed by atoms with Crippen molar-refractivity contribution >= 4 is 28.6 Å². The molecule has 4 rings (SSSR count). The van der Waals surface area contributed by atoms with Crippen molar-refractivity contribution in [3.8, 4) is 0 Å².